The Morgan fingerprint density at radius 3 is 2.56 bits per heavy atom. The smallest absolute Gasteiger partial charge is 0.267 e. The van der Waals surface area contributed by atoms with Crippen LogP contribution in [0.5, 0.6) is 0 Å². The number of benzene rings is 1. The Bertz CT molecular complexity index is 773. The van der Waals surface area contributed by atoms with Crippen LogP contribution in [0.2, 0.25) is 0 Å². The molecule has 2 heterocycles. The summed E-state index contributed by atoms with van der Waals surface area (Å²) >= 11 is 0. The molecule has 0 radical (unpaired) electrons. The minimum Gasteiger partial charge on any atom is -0.366 e. The number of carbonyl (C=O) groups excluding carboxylic acids is 1. The molecule has 134 valence electrons. The quantitative estimate of drug-likeness (QED) is 0.897. The van der Waals surface area contributed by atoms with Gasteiger partial charge < -0.3 is 14.7 Å². The van der Waals surface area contributed by atoms with Gasteiger partial charge in [0.1, 0.15) is 6.10 Å². The molecule has 0 aliphatic carbocycles. The van der Waals surface area contributed by atoms with Crippen LogP contribution in [0.25, 0.3) is 0 Å². The Morgan fingerprint density at radius 1 is 1.24 bits per heavy atom. The highest BCUT2D eigenvalue weighted by Gasteiger charge is 2.37. The molecule has 0 spiro atoms. The first kappa shape index (κ1) is 17.5. The van der Waals surface area contributed by atoms with Crippen molar-refractivity contribution in [3.63, 3.8) is 0 Å². The SMILES string of the molecule is CC(C)(C)[C@H]1CN(C(=O)Cc2c[nH][nH]c2=O)C[C@@H](c2ccccc2)O1. The van der Waals surface area contributed by atoms with E-state index in [0.29, 0.717) is 18.7 Å². The molecule has 6 heteroatoms. The lowest BCUT2D eigenvalue weighted by Crippen LogP contribution is -2.51. The number of aromatic nitrogens is 2. The highest BCUT2D eigenvalue weighted by atomic mass is 16.5. The number of hydrogen-bond donors (Lipinski definition) is 2. The van der Waals surface area contributed by atoms with Gasteiger partial charge in [-0.15, -0.1) is 0 Å². The summed E-state index contributed by atoms with van der Waals surface area (Å²) in [6, 6.07) is 9.97. The van der Waals surface area contributed by atoms with Gasteiger partial charge in [-0.1, -0.05) is 51.1 Å². The fourth-order valence-electron chi connectivity index (χ4n) is 3.03. The zero-order valence-corrected chi connectivity index (χ0v) is 14.9. The summed E-state index contributed by atoms with van der Waals surface area (Å²) < 4.78 is 6.31. The lowest BCUT2D eigenvalue weighted by molar-refractivity contribution is -0.156. The van der Waals surface area contributed by atoms with E-state index in [1.807, 2.05) is 35.2 Å². The van der Waals surface area contributed by atoms with Gasteiger partial charge in [0.05, 0.1) is 19.1 Å². The lowest BCUT2D eigenvalue weighted by Gasteiger charge is -2.43. The molecule has 2 aromatic rings. The molecule has 0 unspecified atom stereocenters. The number of morpholine rings is 1. The summed E-state index contributed by atoms with van der Waals surface area (Å²) in [5.41, 5.74) is 1.19. The maximum Gasteiger partial charge on any atom is 0.267 e. The number of amides is 1. The third-order valence-electron chi connectivity index (χ3n) is 4.66. The molecule has 3 rings (SSSR count). The normalized spacial score (nSPS) is 21.3. The van der Waals surface area contributed by atoms with Crippen LogP contribution < -0.4 is 5.56 Å². The van der Waals surface area contributed by atoms with E-state index in [1.54, 1.807) is 6.20 Å². The predicted octanol–water partition coefficient (Wildman–Crippen LogP) is 2.26. The predicted molar refractivity (Wildman–Crippen MR) is 95.2 cm³/mol. The molecule has 25 heavy (non-hydrogen) atoms. The summed E-state index contributed by atoms with van der Waals surface area (Å²) in [4.78, 5) is 26.3. The molecule has 1 fully saturated rings. The molecular formula is C19H25N3O3. The van der Waals surface area contributed by atoms with E-state index in [1.165, 1.54) is 0 Å². The maximum absolute atomic E-state index is 12.8. The molecule has 1 saturated heterocycles. The lowest BCUT2D eigenvalue weighted by atomic mass is 9.87. The number of H-pyrrole nitrogens is 2. The summed E-state index contributed by atoms with van der Waals surface area (Å²) in [6.07, 6.45) is 1.42. The van der Waals surface area contributed by atoms with E-state index in [9.17, 15) is 9.59 Å². The van der Waals surface area contributed by atoms with E-state index >= 15 is 0 Å². The molecule has 1 aromatic carbocycles. The van der Waals surface area contributed by atoms with Crippen molar-refractivity contribution in [3.05, 3.63) is 58.0 Å². The van der Waals surface area contributed by atoms with Crippen molar-refractivity contribution < 1.29 is 9.53 Å². The molecular weight excluding hydrogens is 318 g/mol. The Hall–Kier alpha value is -2.34. The molecule has 0 bridgehead atoms. The van der Waals surface area contributed by atoms with Crippen LogP contribution in [0, 0.1) is 5.41 Å². The van der Waals surface area contributed by atoms with E-state index in [0.717, 1.165) is 5.56 Å². The number of hydrogen-bond acceptors (Lipinski definition) is 3. The molecule has 6 nitrogen and oxygen atoms in total. The minimum atomic E-state index is -0.242. The number of aromatic amines is 2. The highest BCUT2D eigenvalue weighted by molar-refractivity contribution is 5.78. The van der Waals surface area contributed by atoms with Crippen molar-refractivity contribution in [2.45, 2.75) is 39.4 Å². The van der Waals surface area contributed by atoms with Crippen molar-refractivity contribution in [3.8, 4) is 0 Å². The average molecular weight is 343 g/mol. The van der Waals surface area contributed by atoms with Gasteiger partial charge in [0, 0.05) is 18.3 Å². The fraction of sp³-hybridized carbons (Fsp3) is 0.474. The average Bonchev–Trinajstić information content (AvgIpc) is 2.99. The van der Waals surface area contributed by atoms with Crippen molar-refractivity contribution in [1.82, 2.24) is 15.1 Å². The van der Waals surface area contributed by atoms with E-state index < -0.39 is 0 Å². The third kappa shape index (κ3) is 4.02. The largest absolute Gasteiger partial charge is 0.366 e. The van der Waals surface area contributed by atoms with Crippen LogP contribution in [-0.2, 0) is 16.0 Å². The van der Waals surface area contributed by atoms with Gasteiger partial charge in [0.25, 0.3) is 5.56 Å². The van der Waals surface area contributed by atoms with Gasteiger partial charge in [0.2, 0.25) is 5.91 Å². The zero-order chi connectivity index (χ0) is 18.0. The summed E-state index contributed by atoms with van der Waals surface area (Å²) in [7, 11) is 0. The first-order valence-corrected chi connectivity index (χ1v) is 8.57. The first-order valence-electron chi connectivity index (χ1n) is 8.57. The van der Waals surface area contributed by atoms with Crippen LogP contribution in [0.1, 0.15) is 38.0 Å². The Morgan fingerprint density at radius 2 is 1.96 bits per heavy atom. The molecule has 1 aromatic heterocycles. The zero-order valence-electron chi connectivity index (χ0n) is 14.9. The van der Waals surface area contributed by atoms with Gasteiger partial charge >= 0.3 is 0 Å². The number of nitrogens with zero attached hydrogens (tertiary/aromatic N) is 1. The summed E-state index contributed by atoms with van der Waals surface area (Å²) in [5.74, 6) is -0.0522. The number of ether oxygens (including phenoxy) is 1. The monoisotopic (exact) mass is 343 g/mol. The number of nitrogens with one attached hydrogen (secondary N) is 2. The van der Waals surface area contributed by atoms with Crippen molar-refractivity contribution >= 4 is 5.91 Å². The molecule has 2 N–H and O–H groups in total. The second kappa shape index (κ2) is 6.88. The fourth-order valence-corrected chi connectivity index (χ4v) is 3.03. The van der Waals surface area contributed by atoms with Crippen LogP contribution >= 0.6 is 0 Å². The van der Waals surface area contributed by atoms with Crippen LogP contribution in [-0.4, -0.2) is 40.2 Å². The van der Waals surface area contributed by atoms with Gasteiger partial charge in [-0.05, 0) is 11.0 Å². The Balaban J connectivity index is 1.81. The van der Waals surface area contributed by atoms with Crippen LogP contribution in [0.15, 0.2) is 41.3 Å². The van der Waals surface area contributed by atoms with Gasteiger partial charge in [0.15, 0.2) is 0 Å². The van der Waals surface area contributed by atoms with Crippen molar-refractivity contribution in [2.75, 3.05) is 13.1 Å². The van der Waals surface area contributed by atoms with Crippen LogP contribution in [0.4, 0.5) is 0 Å². The van der Waals surface area contributed by atoms with Crippen LogP contribution in [0.3, 0.4) is 0 Å². The van der Waals surface area contributed by atoms with E-state index in [2.05, 4.69) is 31.0 Å². The van der Waals surface area contributed by atoms with Gasteiger partial charge in [-0.3, -0.25) is 14.7 Å². The molecule has 1 amide bonds. The molecule has 1 aliphatic heterocycles. The summed E-state index contributed by atoms with van der Waals surface area (Å²) in [5, 5.41) is 5.11. The summed E-state index contributed by atoms with van der Waals surface area (Å²) in [6.45, 7) is 7.38. The Labute approximate surface area is 147 Å². The standard InChI is InChI=1S/C19H25N3O3/c1-19(2,3)16-12-22(17(23)9-14-10-20-21-18(14)24)11-15(25-16)13-7-5-4-6-8-13/h4-8,10,15-16H,9,11-12H2,1-3H3,(H2,20,21,24)/t15-,16+/m0/s1. The second-order valence-corrected chi connectivity index (χ2v) is 7.63. The molecule has 2 atom stereocenters. The van der Waals surface area contributed by atoms with Gasteiger partial charge in [-0.2, -0.15) is 0 Å². The number of rotatable bonds is 3. The Kier molecular flexibility index (Phi) is 4.81. The number of carbonyl (C=O) groups is 1. The third-order valence-corrected chi connectivity index (χ3v) is 4.66. The van der Waals surface area contributed by atoms with Crippen molar-refractivity contribution in [1.29, 1.82) is 0 Å². The minimum absolute atomic E-state index is 0.0522. The second-order valence-electron chi connectivity index (χ2n) is 7.63. The van der Waals surface area contributed by atoms with Gasteiger partial charge in [-0.25, -0.2) is 0 Å². The topological polar surface area (TPSA) is 78.2 Å². The molecule has 0 saturated carbocycles. The highest BCUT2D eigenvalue weighted by Crippen LogP contribution is 2.33. The maximum atomic E-state index is 12.8. The van der Waals surface area contributed by atoms with E-state index in [-0.39, 0.29) is 35.5 Å². The van der Waals surface area contributed by atoms with Crippen molar-refractivity contribution in [2.24, 2.45) is 5.41 Å². The van der Waals surface area contributed by atoms with E-state index in [4.69, 9.17) is 4.74 Å². The first-order chi connectivity index (χ1) is 11.8. The molecule has 1 aliphatic rings.